The van der Waals surface area contributed by atoms with Crippen molar-refractivity contribution in [3.05, 3.63) is 64.7 Å². The lowest BCUT2D eigenvalue weighted by Gasteiger charge is -2.10. The van der Waals surface area contributed by atoms with Gasteiger partial charge in [0.2, 0.25) is 0 Å². The van der Waals surface area contributed by atoms with Crippen molar-refractivity contribution < 1.29 is 9.53 Å². The molecule has 20 heavy (non-hydrogen) atoms. The van der Waals surface area contributed by atoms with Crippen LogP contribution in [0.15, 0.2) is 42.5 Å². The summed E-state index contributed by atoms with van der Waals surface area (Å²) >= 11 is 0. The van der Waals surface area contributed by atoms with E-state index in [2.05, 4.69) is 0 Å². The Morgan fingerprint density at radius 1 is 1.05 bits per heavy atom. The van der Waals surface area contributed by atoms with Crippen LogP contribution in [0.5, 0.6) is 5.75 Å². The Bertz CT molecular complexity index is 615. The third-order valence-corrected chi connectivity index (χ3v) is 3.18. The fraction of sp³-hybridized carbons (Fsp3) is 0.278. The van der Waals surface area contributed by atoms with Crippen LogP contribution < -0.4 is 4.74 Å². The van der Waals surface area contributed by atoms with Crippen LogP contribution in [0.4, 0.5) is 0 Å². The number of carbonyl (C=O) groups excluding carboxylic acids is 1. The lowest BCUT2D eigenvalue weighted by atomic mass is 9.99. The summed E-state index contributed by atoms with van der Waals surface area (Å²) < 4.78 is 5.55. The van der Waals surface area contributed by atoms with Gasteiger partial charge in [0.15, 0.2) is 5.78 Å². The van der Waals surface area contributed by atoms with Gasteiger partial charge >= 0.3 is 0 Å². The predicted octanol–water partition coefficient (Wildman–Crippen LogP) is 4.13. The molecule has 0 atom stereocenters. The highest BCUT2D eigenvalue weighted by atomic mass is 16.5. The van der Waals surface area contributed by atoms with Gasteiger partial charge in [0.1, 0.15) is 5.75 Å². The van der Waals surface area contributed by atoms with E-state index < -0.39 is 0 Å². The molecule has 2 nitrogen and oxygen atoms in total. The lowest BCUT2D eigenvalue weighted by molar-refractivity contribution is 0.0989. The molecule has 104 valence electrons. The molecule has 0 N–H and O–H groups in total. The van der Waals surface area contributed by atoms with Crippen LogP contribution in [0, 0.1) is 13.8 Å². The normalized spacial score (nSPS) is 10.3. The summed E-state index contributed by atoms with van der Waals surface area (Å²) in [5.74, 6) is 0.776. The molecule has 0 aliphatic heterocycles. The Morgan fingerprint density at radius 3 is 2.50 bits per heavy atom. The third-order valence-electron chi connectivity index (χ3n) is 3.18. The van der Waals surface area contributed by atoms with E-state index in [9.17, 15) is 4.79 Å². The molecule has 2 aromatic rings. The largest absolute Gasteiger partial charge is 0.493 e. The van der Waals surface area contributed by atoms with Crippen molar-refractivity contribution >= 4 is 5.78 Å². The Hall–Kier alpha value is -2.09. The van der Waals surface area contributed by atoms with Crippen molar-refractivity contribution in [3.8, 4) is 5.75 Å². The summed E-state index contributed by atoms with van der Waals surface area (Å²) in [6.45, 7) is 6.51. The second kappa shape index (κ2) is 6.38. The van der Waals surface area contributed by atoms with Crippen molar-refractivity contribution in [2.24, 2.45) is 0 Å². The van der Waals surface area contributed by atoms with Gasteiger partial charge in [-0.15, -0.1) is 0 Å². The van der Waals surface area contributed by atoms with Crippen LogP contribution in [-0.2, 0) is 6.42 Å². The van der Waals surface area contributed by atoms with E-state index in [4.69, 9.17) is 4.74 Å². The summed E-state index contributed by atoms with van der Waals surface area (Å²) in [5.41, 5.74) is 3.96. The smallest absolute Gasteiger partial charge is 0.170 e. The third kappa shape index (κ3) is 3.47. The molecule has 2 rings (SSSR count). The second-order valence-electron chi connectivity index (χ2n) is 5.02. The van der Waals surface area contributed by atoms with Gasteiger partial charge in [-0.2, -0.15) is 0 Å². The van der Waals surface area contributed by atoms with E-state index in [-0.39, 0.29) is 5.78 Å². The molecule has 0 amide bonds. The first-order valence-corrected chi connectivity index (χ1v) is 6.92. The van der Waals surface area contributed by atoms with Crippen molar-refractivity contribution in [3.63, 3.8) is 0 Å². The maximum Gasteiger partial charge on any atom is 0.170 e. The number of rotatable bonds is 5. The van der Waals surface area contributed by atoms with Gasteiger partial charge in [-0.3, -0.25) is 4.79 Å². The Labute approximate surface area is 120 Å². The zero-order valence-corrected chi connectivity index (χ0v) is 12.3. The highest BCUT2D eigenvalue weighted by Gasteiger charge is 2.13. The molecule has 2 heteroatoms. The standard InChI is InChI=1S/C18H20O2/c1-4-20-18-9-8-14(3)11-16(18)17(19)12-15-7-5-6-13(2)10-15/h5-11H,4,12H2,1-3H3. The summed E-state index contributed by atoms with van der Waals surface area (Å²) in [6, 6.07) is 13.8. The van der Waals surface area contributed by atoms with Crippen molar-refractivity contribution in [2.45, 2.75) is 27.2 Å². The fourth-order valence-corrected chi connectivity index (χ4v) is 2.25. The minimum absolute atomic E-state index is 0.0998. The first kappa shape index (κ1) is 14.3. The summed E-state index contributed by atoms with van der Waals surface area (Å²) in [7, 11) is 0. The number of Topliss-reactive ketones (excluding diaryl/α,β-unsaturated/α-hetero) is 1. The first-order valence-electron chi connectivity index (χ1n) is 6.92. The molecule has 0 spiro atoms. The average Bonchev–Trinajstić information content (AvgIpc) is 2.41. The molecule has 0 bridgehead atoms. The molecule has 0 radical (unpaired) electrons. The number of aryl methyl sites for hydroxylation is 2. The van der Waals surface area contributed by atoms with Crippen LogP contribution in [-0.4, -0.2) is 12.4 Å². The zero-order chi connectivity index (χ0) is 14.5. The van der Waals surface area contributed by atoms with Gasteiger partial charge in [0.25, 0.3) is 0 Å². The lowest BCUT2D eigenvalue weighted by Crippen LogP contribution is -2.07. The minimum atomic E-state index is 0.0998. The number of benzene rings is 2. The van der Waals surface area contributed by atoms with Gasteiger partial charge < -0.3 is 4.74 Å². The topological polar surface area (TPSA) is 26.3 Å². The predicted molar refractivity (Wildman–Crippen MR) is 81.6 cm³/mol. The average molecular weight is 268 g/mol. The van der Waals surface area contributed by atoms with E-state index in [1.165, 1.54) is 5.56 Å². The summed E-state index contributed by atoms with van der Waals surface area (Å²) in [6.07, 6.45) is 0.408. The number of carbonyl (C=O) groups is 1. The van der Waals surface area contributed by atoms with Crippen LogP contribution >= 0.6 is 0 Å². The summed E-state index contributed by atoms with van der Waals surface area (Å²) in [4.78, 5) is 12.5. The number of hydrogen-bond acceptors (Lipinski definition) is 2. The van der Waals surface area contributed by atoms with Crippen molar-refractivity contribution in [1.29, 1.82) is 0 Å². The zero-order valence-electron chi connectivity index (χ0n) is 12.3. The van der Waals surface area contributed by atoms with Crippen LogP contribution in [0.3, 0.4) is 0 Å². The molecule has 2 aromatic carbocycles. The van der Waals surface area contributed by atoms with Crippen molar-refractivity contribution in [1.82, 2.24) is 0 Å². The van der Waals surface area contributed by atoms with Gasteiger partial charge in [-0.05, 0) is 38.5 Å². The number of ether oxygens (including phenoxy) is 1. The quantitative estimate of drug-likeness (QED) is 0.762. The molecular weight excluding hydrogens is 248 g/mol. The van der Waals surface area contributed by atoms with Gasteiger partial charge in [-0.1, -0.05) is 41.5 Å². The number of hydrogen-bond donors (Lipinski definition) is 0. The first-order chi connectivity index (χ1) is 9.60. The van der Waals surface area contributed by atoms with Gasteiger partial charge in [0.05, 0.1) is 12.2 Å². The highest BCUT2D eigenvalue weighted by Crippen LogP contribution is 2.22. The van der Waals surface area contributed by atoms with Crippen LogP contribution in [0.2, 0.25) is 0 Å². The molecule has 0 fully saturated rings. The van der Waals surface area contributed by atoms with E-state index in [0.717, 1.165) is 11.1 Å². The van der Waals surface area contributed by atoms with Gasteiger partial charge in [0, 0.05) is 6.42 Å². The Balaban J connectivity index is 2.26. The maximum atomic E-state index is 12.5. The van der Waals surface area contributed by atoms with E-state index in [1.807, 2.05) is 63.2 Å². The maximum absolute atomic E-state index is 12.5. The Morgan fingerprint density at radius 2 is 1.80 bits per heavy atom. The van der Waals surface area contributed by atoms with Gasteiger partial charge in [-0.25, -0.2) is 0 Å². The summed E-state index contributed by atoms with van der Waals surface area (Å²) in [5, 5.41) is 0. The molecule has 0 saturated carbocycles. The molecular formula is C18H20O2. The Kier molecular flexibility index (Phi) is 4.57. The molecule has 0 saturated heterocycles. The van der Waals surface area contributed by atoms with Crippen LogP contribution in [0.1, 0.15) is 34.0 Å². The van der Waals surface area contributed by atoms with E-state index >= 15 is 0 Å². The minimum Gasteiger partial charge on any atom is -0.493 e. The van der Waals surface area contributed by atoms with E-state index in [1.54, 1.807) is 0 Å². The van der Waals surface area contributed by atoms with Crippen molar-refractivity contribution in [2.75, 3.05) is 6.61 Å². The molecule has 0 aliphatic carbocycles. The molecule has 0 unspecified atom stereocenters. The second-order valence-corrected chi connectivity index (χ2v) is 5.02. The van der Waals surface area contributed by atoms with E-state index in [0.29, 0.717) is 24.3 Å². The highest BCUT2D eigenvalue weighted by molar-refractivity contribution is 6.00. The molecule has 0 aromatic heterocycles. The number of ketones is 1. The molecule has 0 heterocycles. The van der Waals surface area contributed by atoms with Crippen LogP contribution in [0.25, 0.3) is 0 Å². The molecule has 0 aliphatic rings. The fourth-order valence-electron chi connectivity index (χ4n) is 2.25. The SMILES string of the molecule is CCOc1ccc(C)cc1C(=O)Cc1cccc(C)c1. The monoisotopic (exact) mass is 268 g/mol.